The van der Waals surface area contributed by atoms with Crippen molar-refractivity contribution in [1.82, 2.24) is 9.97 Å². The molecule has 1 aliphatic heterocycles. The lowest BCUT2D eigenvalue weighted by atomic mass is 9.97. The van der Waals surface area contributed by atoms with Crippen LogP contribution in [0.5, 0.6) is 5.75 Å². The van der Waals surface area contributed by atoms with E-state index in [4.69, 9.17) is 31.4 Å². The molecule has 0 saturated heterocycles. The Morgan fingerprint density at radius 2 is 1.63 bits per heavy atom. The van der Waals surface area contributed by atoms with Crippen molar-refractivity contribution in [2.24, 2.45) is 5.10 Å². The average Bonchev–Trinajstić information content (AvgIpc) is 3.42. The Bertz CT molecular complexity index is 1880. The standard InChI is InChI=1S/C31H26ClN5O3S/c1-40-29-11-7-6-10-24(29)28-19-27(20-12-15-23(16-13-20)36-41(2,38)39)35-37(28)31-33-26-17-14-22(32)18-25(26)30(34-31)21-8-4-3-5-9-21/h3-18,28,36H,19H2,1-2H3/t28-/m1/s1. The van der Waals surface area contributed by atoms with Crippen molar-refractivity contribution in [2.75, 3.05) is 23.1 Å². The quantitative estimate of drug-likeness (QED) is 0.229. The molecular formula is C31H26ClN5O3S. The fraction of sp³-hybridized carbons (Fsp3) is 0.129. The van der Waals surface area contributed by atoms with Crippen molar-refractivity contribution in [2.45, 2.75) is 12.5 Å². The van der Waals surface area contributed by atoms with E-state index in [1.54, 1.807) is 19.2 Å². The number of nitrogens with one attached hydrogen (secondary N) is 1. The van der Waals surface area contributed by atoms with Crippen LogP contribution in [0.15, 0.2) is 102 Å². The number of benzene rings is 4. The van der Waals surface area contributed by atoms with E-state index in [0.717, 1.165) is 51.0 Å². The highest BCUT2D eigenvalue weighted by atomic mass is 35.5. The zero-order valence-electron chi connectivity index (χ0n) is 22.3. The van der Waals surface area contributed by atoms with Gasteiger partial charge in [-0.3, -0.25) is 4.72 Å². The van der Waals surface area contributed by atoms with Crippen LogP contribution < -0.4 is 14.5 Å². The van der Waals surface area contributed by atoms with Gasteiger partial charge < -0.3 is 4.74 Å². The van der Waals surface area contributed by atoms with Crippen molar-refractivity contribution in [3.8, 4) is 17.0 Å². The van der Waals surface area contributed by atoms with Gasteiger partial charge in [-0.1, -0.05) is 72.3 Å². The minimum atomic E-state index is -3.38. The van der Waals surface area contributed by atoms with Crippen LogP contribution in [0.1, 0.15) is 23.6 Å². The molecule has 1 aromatic heterocycles. The van der Waals surface area contributed by atoms with Crippen LogP contribution in [0.25, 0.3) is 22.2 Å². The fourth-order valence-corrected chi connectivity index (χ4v) is 5.74. The fourth-order valence-electron chi connectivity index (χ4n) is 5.00. The predicted molar refractivity (Wildman–Crippen MR) is 164 cm³/mol. The zero-order chi connectivity index (χ0) is 28.6. The largest absolute Gasteiger partial charge is 0.496 e. The molecule has 0 spiro atoms. The first-order valence-corrected chi connectivity index (χ1v) is 15.2. The normalized spacial score (nSPS) is 15.1. The summed E-state index contributed by atoms with van der Waals surface area (Å²) < 4.78 is 31.6. The molecule has 0 saturated carbocycles. The van der Waals surface area contributed by atoms with Gasteiger partial charge in [0.1, 0.15) is 5.75 Å². The van der Waals surface area contributed by atoms with Gasteiger partial charge in [-0.25, -0.2) is 23.4 Å². The number of rotatable bonds is 7. The third-order valence-corrected chi connectivity index (χ3v) is 7.67. The van der Waals surface area contributed by atoms with Gasteiger partial charge in [-0.15, -0.1) is 0 Å². The summed E-state index contributed by atoms with van der Waals surface area (Å²) in [5.74, 6) is 1.18. The van der Waals surface area contributed by atoms with Crippen molar-refractivity contribution in [1.29, 1.82) is 0 Å². The lowest BCUT2D eigenvalue weighted by molar-refractivity contribution is 0.405. The van der Waals surface area contributed by atoms with Crippen LogP contribution in [0.2, 0.25) is 5.02 Å². The number of halogens is 1. The molecule has 206 valence electrons. The van der Waals surface area contributed by atoms with Crippen LogP contribution >= 0.6 is 11.6 Å². The third-order valence-electron chi connectivity index (χ3n) is 6.83. The molecule has 6 rings (SSSR count). The molecule has 1 aliphatic rings. The topological polar surface area (TPSA) is 96.8 Å². The van der Waals surface area contributed by atoms with Crippen molar-refractivity contribution >= 4 is 49.9 Å². The monoisotopic (exact) mass is 583 g/mol. The lowest BCUT2D eigenvalue weighted by Gasteiger charge is -2.24. The van der Waals surface area contributed by atoms with Gasteiger partial charge in [0.25, 0.3) is 0 Å². The molecule has 41 heavy (non-hydrogen) atoms. The maximum Gasteiger partial charge on any atom is 0.247 e. The van der Waals surface area contributed by atoms with E-state index >= 15 is 0 Å². The highest BCUT2D eigenvalue weighted by molar-refractivity contribution is 7.92. The number of ether oxygens (including phenoxy) is 1. The summed E-state index contributed by atoms with van der Waals surface area (Å²) in [5.41, 5.74) is 5.55. The molecular weight excluding hydrogens is 558 g/mol. The number of hydrogen-bond donors (Lipinski definition) is 1. The first-order chi connectivity index (χ1) is 19.8. The second kappa shape index (κ2) is 10.8. The summed E-state index contributed by atoms with van der Waals surface area (Å²) in [6.07, 6.45) is 1.68. The number of hydrogen-bond acceptors (Lipinski definition) is 7. The Balaban J connectivity index is 1.50. The second-order valence-electron chi connectivity index (χ2n) is 9.70. The van der Waals surface area contributed by atoms with E-state index < -0.39 is 10.0 Å². The molecule has 1 N–H and O–H groups in total. The predicted octanol–water partition coefficient (Wildman–Crippen LogP) is 6.69. The minimum absolute atomic E-state index is 0.247. The summed E-state index contributed by atoms with van der Waals surface area (Å²) in [6.45, 7) is 0. The maximum absolute atomic E-state index is 11.7. The number of fused-ring (bicyclic) bond motifs is 1. The van der Waals surface area contributed by atoms with E-state index in [-0.39, 0.29) is 6.04 Å². The summed E-state index contributed by atoms with van der Waals surface area (Å²) >= 11 is 6.38. The number of methoxy groups -OCH3 is 1. The van der Waals surface area contributed by atoms with Crippen LogP contribution in [-0.4, -0.2) is 37.5 Å². The lowest BCUT2D eigenvalue weighted by Crippen LogP contribution is -2.21. The molecule has 0 bridgehead atoms. The Morgan fingerprint density at radius 3 is 2.37 bits per heavy atom. The van der Waals surface area contributed by atoms with E-state index in [1.807, 2.05) is 89.9 Å². The van der Waals surface area contributed by atoms with Crippen molar-refractivity contribution in [3.63, 3.8) is 0 Å². The Hall–Kier alpha value is -4.47. The van der Waals surface area contributed by atoms with E-state index in [1.165, 1.54) is 0 Å². The Morgan fingerprint density at radius 1 is 0.902 bits per heavy atom. The highest BCUT2D eigenvalue weighted by Crippen LogP contribution is 2.40. The van der Waals surface area contributed by atoms with Gasteiger partial charge in [-0.05, 0) is 42.0 Å². The molecule has 0 radical (unpaired) electrons. The summed E-state index contributed by atoms with van der Waals surface area (Å²) in [5, 5.41) is 8.32. The zero-order valence-corrected chi connectivity index (χ0v) is 23.9. The molecule has 2 heterocycles. The molecule has 8 nitrogen and oxygen atoms in total. The van der Waals surface area contributed by atoms with Gasteiger partial charge in [0.2, 0.25) is 16.0 Å². The SMILES string of the molecule is COc1ccccc1[C@H]1CC(c2ccc(NS(C)(=O)=O)cc2)=NN1c1nc(-c2ccccc2)c2cc(Cl)ccc2n1. The van der Waals surface area contributed by atoms with Crippen LogP contribution in [-0.2, 0) is 10.0 Å². The maximum atomic E-state index is 11.7. The number of sulfonamides is 1. The van der Waals surface area contributed by atoms with Gasteiger partial charge in [0, 0.05) is 33.6 Å². The van der Waals surface area contributed by atoms with E-state index in [0.29, 0.717) is 23.1 Å². The van der Waals surface area contributed by atoms with Crippen LogP contribution in [0.4, 0.5) is 11.6 Å². The molecule has 0 fully saturated rings. The first kappa shape index (κ1) is 26.7. The smallest absolute Gasteiger partial charge is 0.247 e. The number of hydrazone groups is 1. The molecule has 5 aromatic rings. The number of aromatic nitrogens is 2. The molecule has 1 atom stereocenters. The highest BCUT2D eigenvalue weighted by Gasteiger charge is 2.34. The summed E-state index contributed by atoms with van der Waals surface area (Å²) in [4.78, 5) is 9.97. The molecule has 4 aromatic carbocycles. The second-order valence-corrected chi connectivity index (χ2v) is 11.9. The van der Waals surface area contributed by atoms with Crippen molar-refractivity contribution in [3.05, 3.63) is 113 Å². The number of para-hydroxylation sites is 1. The van der Waals surface area contributed by atoms with Crippen LogP contribution in [0, 0.1) is 0 Å². The Labute approximate surface area is 243 Å². The molecule has 0 aliphatic carbocycles. The number of nitrogens with zero attached hydrogens (tertiary/aromatic N) is 4. The molecule has 0 amide bonds. The van der Waals surface area contributed by atoms with Gasteiger partial charge in [-0.2, -0.15) is 5.10 Å². The van der Waals surface area contributed by atoms with Gasteiger partial charge >= 0.3 is 0 Å². The van der Waals surface area contributed by atoms with Gasteiger partial charge in [0.05, 0.1) is 36.3 Å². The first-order valence-electron chi connectivity index (χ1n) is 12.9. The number of anilines is 2. The molecule has 10 heteroatoms. The summed E-state index contributed by atoms with van der Waals surface area (Å²) in [6, 6.07) is 30.3. The molecule has 0 unspecified atom stereocenters. The van der Waals surface area contributed by atoms with Crippen LogP contribution in [0.3, 0.4) is 0 Å². The van der Waals surface area contributed by atoms with Gasteiger partial charge in [0.15, 0.2) is 0 Å². The van der Waals surface area contributed by atoms with E-state index in [2.05, 4.69) is 4.72 Å². The average molecular weight is 584 g/mol. The van der Waals surface area contributed by atoms with E-state index in [9.17, 15) is 8.42 Å². The van der Waals surface area contributed by atoms with Crippen molar-refractivity contribution < 1.29 is 13.2 Å². The Kier molecular flexibility index (Phi) is 7.07. The third kappa shape index (κ3) is 5.59. The summed E-state index contributed by atoms with van der Waals surface area (Å²) in [7, 11) is -1.73. The minimum Gasteiger partial charge on any atom is -0.496 e.